The lowest BCUT2D eigenvalue weighted by molar-refractivity contribution is -0.144. The van der Waals surface area contributed by atoms with Gasteiger partial charge >= 0.3 is 5.97 Å². The Kier molecular flexibility index (Phi) is 4.98. The third-order valence-electron chi connectivity index (χ3n) is 2.75. The number of rotatable bonds is 6. The lowest BCUT2D eigenvalue weighted by Crippen LogP contribution is -2.11. The lowest BCUT2D eigenvalue weighted by atomic mass is 10.2. The highest BCUT2D eigenvalue weighted by atomic mass is 32.1. The van der Waals surface area contributed by atoms with Crippen LogP contribution in [0.15, 0.2) is 41.8 Å². The van der Waals surface area contributed by atoms with Crippen LogP contribution >= 0.6 is 11.3 Å². The highest BCUT2D eigenvalue weighted by molar-refractivity contribution is 7.09. The molecular weight excluding hydrogens is 258 g/mol. The van der Waals surface area contributed by atoms with Gasteiger partial charge in [0.15, 0.2) is 0 Å². The van der Waals surface area contributed by atoms with Gasteiger partial charge in [-0.1, -0.05) is 24.3 Å². The molecule has 2 aromatic rings. The van der Waals surface area contributed by atoms with Crippen molar-refractivity contribution in [3.63, 3.8) is 0 Å². The summed E-state index contributed by atoms with van der Waals surface area (Å²) in [7, 11) is 0. The molecule has 1 N–H and O–H groups in total. The first-order valence-corrected chi connectivity index (χ1v) is 7.11. The van der Waals surface area contributed by atoms with Gasteiger partial charge in [-0.25, -0.2) is 0 Å². The smallest absolute Gasteiger partial charge is 0.307 e. The average Bonchev–Trinajstić information content (AvgIpc) is 2.92. The Morgan fingerprint density at radius 2 is 2.11 bits per heavy atom. The maximum atomic E-state index is 11.6. The number of hydrogen-bond acceptors (Lipinski definition) is 4. The first-order valence-electron chi connectivity index (χ1n) is 6.23. The highest BCUT2D eigenvalue weighted by Gasteiger charge is 2.04. The molecule has 0 amide bonds. The van der Waals surface area contributed by atoms with E-state index in [1.54, 1.807) is 11.3 Å². The number of benzene rings is 1. The van der Waals surface area contributed by atoms with Crippen molar-refractivity contribution < 1.29 is 9.53 Å². The van der Waals surface area contributed by atoms with Gasteiger partial charge in [0.25, 0.3) is 0 Å². The fourth-order valence-electron chi connectivity index (χ4n) is 1.69. The maximum Gasteiger partial charge on any atom is 0.307 e. The minimum Gasteiger partial charge on any atom is -0.460 e. The van der Waals surface area contributed by atoms with Crippen molar-refractivity contribution in [2.75, 3.05) is 11.9 Å². The predicted molar refractivity (Wildman–Crippen MR) is 78.4 cm³/mol. The van der Waals surface area contributed by atoms with Gasteiger partial charge < -0.3 is 10.1 Å². The van der Waals surface area contributed by atoms with Crippen molar-refractivity contribution in [1.29, 1.82) is 0 Å². The molecule has 0 saturated carbocycles. The van der Waals surface area contributed by atoms with Crippen molar-refractivity contribution in [2.24, 2.45) is 0 Å². The molecule has 1 aromatic heterocycles. The molecule has 3 nitrogen and oxygen atoms in total. The second-order valence-corrected chi connectivity index (χ2v) is 5.26. The molecule has 0 fully saturated rings. The Bertz CT molecular complexity index is 523. The molecule has 0 aliphatic carbocycles. The molecule has 1 heterocycles. The number of aryl methyl sites for hydroxylation is 1. The molecule has 1 aromatic carbocycles. The summed E-state index contributed by atoms with van der Waals surface area (Å²) >= 11 is 1.59. The first kappa shape index (κ1) is 13.6. The van der Waals surface area contributed by atoms with Crippen molar-refractivity contribution in [2.45, 2.75) is 20.0 Å². The quantitative estimate of drug-likeness (QED) is 0.819. The number of thiophene rings is 1. The Balaban J connectivity index is 1.68. The van der Waals surface area contributed by atoms with Gasteiger partial charge in [0.2, 0.25) is 0 Å². The molecule has 0 bridgehead atoms. The predicted octanol–water partition coefficient (Wildman–Crippen LogP) is 3.60. The molecule has 0 atom stereocenters. The molecule has 0 unspecified atom stereocenters. The van der Waals surface area contributed by atoms with Gasteiger partial charge in [0, 0.05) is 17.1 Å². The van der Waals surface area contributed by atoms with E-state index in [2.05, 4.69) is 5.32 Å². The van der Waals surface area contributed by atoms with Gasteiger partial charge in [0.1, 0.15) is 6.61 Å². The summed E-state index contributed by atoms with van der Waals surface area (Å²) in [5.74, 6) is -0.172. The molecule has 4 heteroatoms. The van der Waals surface area contributed by atoms with E-state index in [4.69, 9.17) is 4.74 Å². The summed E-state index contributed by atoms with van der Waals surface area (Å²) in [4.78, 5) is 12.6. The van der Waals surface area contributed by atoms with Crippen LogP contribution in [-0.2, 0) is 16.1 Å². The average molecular weight is 275 g/mol. The Labute approximate surface area is 117 Å². The van der Waals surface area contributed by atoms with Crippen LogP contribution in [0, 0.1) is 6.92 Å². The zero-order valence-electron chi connectivity index (χ0n) is 10.9. The SMILES string of the molecule is Cc1ccccc1NCCC(=O)OCc1cccs1. The van der Waals surface area contributed by atoms with Crippen molar-refractivity contribution >= 4 is 23.0 Å². The second-order valence-electron chi connectivity index (χ2n) is 4.23. The van der Waals surface area contributed by atoms with Crippen LogP contribution in [0.3, 0.4) is 0 Å². The number of nitrogens with one attached hydrogen (secondary N) is 1. The number of anilines is 1. The van der Waals surface area contributed by atoms with Crippen molar-refractivity contribution in [1.82, 2.24) is 0 Å². The lowest BCUT2D eigenvalue weighted by Gasteiger charge is -2.08. The van der Waals surface area contributed by atoms with E-state index in [1.807, 2.05) is 48.7 Å². The van der Waals surface area contributed by atoms with Crippen molar-refractivity contribution in [3.8, 4) is 0 Å². The van der Waals surface area contributed by atoms with Crippen LogP contribution in [0.25, 0.3) is 0 Å². The maximum absolute atomic E-state index is 11.6. The number of para-hydroxylation sites is 1. The number of hydrogen-bond donors (Lipinski definition) is 1. The summed E-state index contributed by atoms with van der Waals surface area (Å²) in [5, 5.41) is 5.21. The van der Waals surface area contributed by atoms with E-state index in [-0.39, 0.29) is 5.97 Å². The van der Waals surface area contributed by atoms with E-state index in [1.165, 1.54) is 5.56 Å². The Morgan fingerprint density at radius 3 is 2.84 bits per heavy atom. The monoisotopic (exact) mass is 275 g/mol. The van der Waals surface area contributed by atoms with E-state index in [0.717, 1.165) is 10.6 Å². The molecule has 100 valence electrons. The minimum absolute atomic E-state index is 0.172. The van der Waals surface area contributed by atoms with E-state index < -0.39 is 0 Å². The van der Waals surface area contributed by atoms with E-state index >= 15 is 0 Å². The van der Waals surface area contributed by atoms with E-state index in [9.17, 15) is 4.79 Å². The molecule has 0 aliphatic heterocycles. The summed E-state index contributed by atoms with van der Waals surface area (Å²) in [6.45, 7) is 3.01. The van der Waals surface area contributed by atoms with Crippen LogP contribution in [0.1, 0.15) is 16.9 Å². The molecule has 0 saturated heterocycles. The standard InChI is InChI=1S/C15H17NO2S/c1-12-5-2-3-7-14(12)16-9-8-15(17)18-11-13-6-4-10-19-13/h2-7,10,16H,8-9,11H2,1H3. The fraction of sp³-hybridized carbons (Fsp3) is 0.267. The molecule has 2 rings (SSSR count). The van der Waals surface area contributed by atoms with Crippen LogP contribution in [0.5, 0.6) is 0 Å². The molecule has 0 spiro atoms. The van der Waals surface area contributed by atoms with Crippen LogP contribution in [0.4, 0.5) is 5.69 Å². The Hall–Kier alpha value is -1.81. The van der Waals surface area contributed by atoms with E-state index in [0.29, 0.717) is 19.6 Å². The van der Waals surface area contributed by atoms with Crippen LogP contribution < -0.4 is 5.32 Å². The summed E-state index contributed by atoms with van der Waals surface area (Å²) in [5.41, 5.74) is 2.24. The largest absolute Gasteiger partial charge is 0.460 e. The van der Waals surface area contributed by atoms with Gasteiger partial charge in [-0.3, -0.25) is 4.79 Å². The third kappa shape index (κ3) is 4.41. The van der Waals surface area contributed by atoms with Gasteiger partial charge in [0.05, 0.1) is 6.42 Å². The number of ether oxygens (including phenoxy) is 1. The number of esters is 1. The normalized spacial score (nSPS) is 10.2. The minimum atomic E-state index is -0.172. The fourth-order valence-corrected chi connectivity index (χ4v) is 2.31. The van der Waals surface area contributed by atoms with Gasteiger partial charge in [-0.2, -0.15) is 0 Å². The second kappa shape index (κ2) is 6.95. The number of carbonyl (C=O) groups is 1. The summed E-state index contributed by atoms with van der Waals surface area (Å²) < 4.78 is 5.19. The molecular formula is C15H17NO2S. The Morgan fingerprint density at radius 1 is 1.26 bits per heavy atom. The summed E-state index contributed by atoms with van der Waals surface area (Å²) in [6.07, 6.45) is 0.375. The van der Waals surface area contributed by atoms with Crippen molar-refractivity contribution in [3.05, 3.63) is 52.2 Å². The third-order valence-corrected chi connectivity index (χ3v) is 3.60. The topological polar surface area (TPSA) is 38.3 Å². The first-order chi connectivity index (χ1) is 9.25. The zero-order valence-corrected chi connectivity index (χ0v) is 11.7. The summed E-state index contributed by atoms with van der Waals surface area (Å²) in [6, 6.07) is 11.9. The molecule has 19 heavy (non-hydrogen) atoms. The van der Waals surface area contributed by atoms with Gasteiger partial charge in [-0.05, 0) is 30.0 Å². The number of carbonyl (C=O) groups excluding carboxylic acids is 1. The highest BCUT2D eigenvalue weighted by Crippen LogP contribution is 2.13. The van der Waals surface area contributed by atoms with Crippen LogP contribution in [-0.4, -0.2) is 12.5 Å². The van der Waals surface area contributed by atoms with Crippen LogP contribution in [0.2, 0.25) is 0 Å². The zero-order chi connectivity index (χ0) is 13.5. The van der Waals surface area contributed by atoms with Gasteiger partial charge in [-0.15, -0.1) is 11.3 Å². The molecule has 0 aliphatic rings. The molecule has 0 radical (unpaired) electrons.